The zero-order valence-corrected chi connectivity index (χ0v) is 11.0. The Bertz CT molecular complexity index is 642. The molecule has 1 aromatic carbocycles. The van der Waals surface area contributed by atoms with E-state index in [2.05, 4.69) is 26.7 Å². The fourth-order valence-electron chi connectivity index (χ4n) is 1.46. The second-order valence-corrected chi connectivity index (χ2v) is 4.53. The van der Waals surface area contributed by atoms with Gasteiger partial charge in [0.1, 0.15) is 11.5 Å². The molecule has 0 fully saturated rings. The Labute approximate surface area is 114 Å². The van der Waals surface area contributed by atoms with Crippen molar-refractivity contribution >= 4 is 23.1 Å². The van der Waals surface area contributed by atoms with E-state index in [-0.39, 0.29) is 12.5 Å². The minimum atomic E-state index is -0.272. The van der Waals surface area contributed by atoms with Crippen LogP contribution in [0.1, 0.15) is 20.8 Å². The van der Waals surface area contributed by atoms with E-state index in [1.165, 1.54) is 6.20 Å². The van der Waals surface area contributed by atoms with Crippen molar-refractivity contribution in [1.29, 1.82) is 0 Å². The summed E-state index contributed by atoms with van der Waals surface area (Å²) in [6.45, 7) is 1.71. The van der Waals surface area contributed by atoms with Gasteiger partial charge in [0, 0.05) is 5.56 Å². The lowest BCUT2D eigenvalue weighted by Crippen LogP contribution is -2.11. The molecule has 5 nitrogen and oxygen atoms in total. The molecule has 96 valence electrons. The van der Waals surface area contributed by atoms with Crippen LogP contribution < -0.4 is 5.32 Å². The highest BCUT2D eigenvalue weighted by Crippen LogP contribution is 2.18. The maximum absolute atomic E-state index is 11.9. The summed E-state index contributed by atoms with van der Waals surface area (Å²) in [7, 11) is 0. The van der Waals surface area contributed by atoms with E-state index in [1.54, 1.807) is 6.07 Å². The molecule has 0 unspecified atom stereocenters. The van der Waals surface area contributed by atoms with Crippen LogP contribution in [0, 0.1) is 18.8 Å². The monoisotopic (exact) mass is 273 g/mol. The smallest absolute Gasteiger partial charge is 0.269 e. The average Bonchev–Trinajstić information content (AvgIpc) is 2.93. The molecule has 2 aromatic rings. The molecule has 0 saturated heterocycles. The quantitative estimate of drug-likeness (QED) is 0.812. The Balaban J connectivity index is 2.27. The van der Waals surface area contributed by atoms with Crippen LogP contribution in [0.3, 0.4) is 0 Å². The molecule has 1 amide bonds. The fourth-order valence-corrected chi connectivity index (χ4v) is 1.87. The van der Waals surface area contributed by atoms with E-state index < -0.39 is 0 Å². The van der Waals surface area contributed by atoms with Crippen molar-refractivity contribution in [2.75, 3.05) is 11.9 Å². The molecule has 0 bridgehead atoms. The van der Waals surface area contributed by atoms with Crippen LogP contribution in [0.2, 0.25) is 0 Å². The third kappa shape index (κ3) is 3.37. The number of carbonyl (C=O) groups excluding carboxylic acids is 1. The molecular formula is C13H11N3O2S. The molecule has 2 N–H and O–H groups in total. The van der Waals surface area contributed by atoms with Crippen LogP contribution >= 0.6 is 11.5 Å². The minimum absolute atomic E-state index is 0.222. The molecule has 0 saturated carbocycles. The van der Waals surface area contributed by atoms with Gasteiger partial charge in [-0.1, -0.05) is 22.4 Å². The first-order valence-electron chi connectivity index (χ1n) is 5.50. The van der Waals surface area contributed by atoms with Gasteiger partial charge in [0.25, 0.3) is 5.91 Å². The molecule has 2 rings (SSSR count). The normalized spacial score (nSPS) is 9.58. The summed E-state index contributed by atoms with van der Waals surface area (Å²) in [4.78, 5) is 12.3. The van der Waals surface area contributed by atoms with Crippen molar-refractivity contribution in [3.05, 3.63) is 40.4 Å². The standard InChI is InChI=1S/C13H11N3O2S/c1-9-4-5-11(10(7-9)3-2-6-17)15-13(18)12-8-14-16-19-12/h4-5,7-8,17H,6H2,1H3,(H,15,18). The van der Waals surface area contributed by atoms with Crippen molar-refractivity contribution in [3.63, 3.8) is 0 Å². The molecule has 0 atom stereocenters. The number of aryl methyl sites for hydroxylation is 1. The maximum atomic E-state index is 11.9. The molecule has 0 spiro atoms. The number of hydrogen-bond acceptors (Lipinski definition) is 5. The highest BCUT2D eigenvalue weighted by atomic mass is 32.1. The molecule has 19 heavy (non-hydrogen) atoms. The second-order valence-electron chi connectivity index (χ2n) is 3.74. The first kappa shape index (κ1) is 13.2. The molecule has 0 aliphatic carbocycles. The number of aliphatic hydroxyl groups excluding tert-OH is 1. The Morgan fingerprint density at radius 3 is 3.05 bits per heavy atom. The number of aromatic nitrogens is 2. The van der Waals surface area contributed by atoms with Crippen molar-refractivity contribution < 1.29 is 9.90 Å². The van der Waals surface area contributed by atoms with Gasteiger partial charge in [0.2, 0.25) is 0 Å². The summed E-state index contributed by atoms with van der Waals surface area (Å²) in [5, 5.41) is 15.1. The van der Waals surface area contributed by atoms with Gasteiger partial charge < -0.3 is 10.4 Å². The lowest BCUT2D eigenvalue weighted by molar-refractivity contribution is 0.103. The summed E-state index contributed by atoms with van der Waals surface area (Å²) < 4.78 is 3.64. The topological polar surface area (TPSA) is 75.1 Å². The van der Waals surface area contributed by atoms with Gasteiger partial charge in [0.05, 0.1) is 11.9 Å². The first-order valence-corrected chi connectivity index (χ1v) is 6.27. The summed E-state index contributed by atoms with van der Waals surface area (Å²) >= 11 is 1.03. The Morgan fingerprint density at radius 1 is 1.53 bits per heavy atom. The Morgan fingerprint density at radius 2 is 2.37 bits per heavy atom. The highest BCUT2D eigenvalue weighted by Gasteiger charge is 2.10. The molecule has 1 aromatic heterocycles. The van der Waals surface area contributed by atoms with Crippen LogP contribution in [0.5, 0.6) is 0 Å². The summed E-state index contributed by atoms with van der Waals surface area (Å²) in [5.41, 5.74) is 2.30. The fraction of sp³-hybridized carbons (Fsp3) is 0.154. The average molecular weight is 273 g/mol. The zero-order valence-electron chi connectivity index (χ0n) is 10.2. The van der Waals surface area contributed by atoms with Crippen LogP contribution in [0.25, 0.3) is 0 Å². The molecule has 6 heteroatoms. The van der Waals surface area contributed by atoms with E-state index in [1.807, 2.05) is 19.1 Å². The first-order chi connectivity index (χ1) is 9.20. The lowest BCUT2D eigenvalue weighted by Gasteiger charge is -2.06. The third-order valence-electron chi connectivity index (χ3n) is 2.31. The number of nitrogens with zero attached hydrogens (tertiary/aromatic N) is 2. The van der Waals surface area contributed by atoms with Gasteiger partial charge in [0.15, 0.2) is 0 Å². The largest absolute Gasteiger partial charge is 0.384 e. The van der Waals surface area contributed by atoms with Crippen LogP contribution in [-0.4, -0.2) is 27.2 Å². The number of anilines is 1. The summed E-state index contributed by atoms with van der Waals surface area (Å²) in [6.07, 6.45) is 1.41. The second kappa shape index (κ2) is 6.09. The Kier molecular flexibility index (Phi) is 4.23. The number of nitrogens with one attached hydrogen (secondary N) is 1. The molecular weight excluding hydrogens is 262 g/mol. The van der Waals surface area contributed by atoms with Gasteiger partial charge in [-0.05, 0) is 36.2 Å². The lowest BCUT2D eigenvalue weighted by atomic mass is 10.1. The number of aliphatic hydroxyl groups is 1. The van der Waals surface area contributed by atoms with Crippen molar-refractivity contribution in [1.82, 2.24) is 9.59 Å². The number of hydrogen-bond donors (Lipinski definition) is 2. The predicted octanol–water partition coefficient (Wildman–Crippen LogP) is 1.44. The van der Waals surface area contributed by atoms with Gasteiger partial charge in [-0.3, -0.25) is 4.79 Å². The van der Waals surface area contributed by atoms with E-state index in [9.17, 15) is 4.79 Å². The maximum Gasteiger partial charge on any atom is 0.269 e. The van der Waals surface area contributed by atoms with Crippen molar-refractivity contribution in [3.8, 4) is 11.8 Å². The number of rotatable bonds is 2. The molecule has 1 heterocycles. The van der Waals surface area contributed by atoms with Gasteiger partial charge >= 0.3 is 0 Å². The number of carbonyl (C=O) groups is 1. The number of amides is 1. The van der Waals surface area contributed by atoms with E-state index >= 15 is 0 Å². The summed E-state index contributed by atoms with van der Waals surface area (Å²) in [6, 6.07) is 5.51. The van der Waals surface area contributed by atoms with E-state index in [0.717, 1.165) is 17.1 Å². The van der Waals surface area contributed by atoms with Crippen molar-refractivity contribution in [2.45, 2.75) is 6.92 Å². The van der Waals surface area contributed by atoms with E-state index in [0.29, 0.717) is 16.1 Å². The highest BCUT2D eigenvalue weighted by molar-refractivity contribution is 7.07. The zero-order chi connectivity index (χ0) is 13.7. The molecule has 0 aliphatic heterocycles. The van der Waals surface area contributed by atoms with Gasteiger partial charge in [-0.25, -0.2) is 0 Å². The molecule has 0 aliphatic rings. The van der Waals surface area contributed by atoms with Crippen molar-refractivity contribution in [2.24, 2.45) is 0 Å². The SMILES string of the molecule is Cc1ccc(NC(=O)c2cnns2)c(C#CCO)c1. The predicted molar refractivity (Wildman–Crippen MR) is 73.0 cm³/mol. The van der Waals surface area contributed by atoms with Crippen LogP contribution in [0.15, 0.2) is 24.4 Å². The minimum Gasteiger partial charge on any atom is -0.384 e. The third-order valence-corrected chi connectivity index (χ3v) is 2.97. The summed E-state index contributed by atoms with van der Waals surface area (Å²) in [5.74, 6) is 5.11. The van der Waals surface area contributed by atoms with E-state index in [4.69, 9.17) is 5.11 Å². The van der Waals surface area contributed by atoms with Crippen LogP contribution in [0.4, 0.5) is 5.69 Å². The molecule has 0 radical (unpaired) electrons. The van der Waals surface area contributed by atoms with Crippen LogP contribution in [-0.2, 0) is 0 Å². The van der Waals surface area contributed by atoms with Gasteiger partial charge in [-0.2, -0.15) is 0 Å². The Hall–Kier alpha value is -2.23. The number of benzene rings is 1. The van der Waals surface area contributed by atoms with Gasteiger partial charge in [-0.15, -0.1) is 5.10 Å².